The zero-order valence-electron chi connectivity index (χ0n) is 21.8. The molecule has 1 heterocycles. The third-order valence-electron chi connectivity index (χ3n) is 6.37. The number of rotatable bonds is 8. The molecule has 1 aromatic heterocycles. The van der Waals surface area contributed by atoms with Crippen molar-refractivity contribution in [1.29, 1.82) is 5.26 Å². The van der Waals surface area contributed by atoms with Crippen LogP contribution in [-0.4, -0.2) is 15.7 Å². The second-order valence-corrected chi connectivity index (χ2v) is 9.55. The molecule has 1 aliphatic rings. The molecule has 0 atom stereocenters. The van der Waals surface area contributed by atoms with E-state index < -0.39 is 5.82 Å². The highest BCUT2D eigenvalue weighted by Crippen LogP contribution is 2.28. The van der Waals surface area contributed by atoms with E-state index in [2.05, 4.69) is 19.1 Å². The Bertz CT molecular complexity index is 1460. The highest BCUT2D eigenvalue weighted by Gasteiger charge is 2.18. The van der Waals surface area contributed by atoms with Crippen LogP contribution in [0.3, 0.4) is 0 Å². The second-order valence-electron chi connectivity index (χ2n) is 9.55. The summed E-state index contributed by atoms with van der Waals surface area (Å²) in [5.74, 6) is 0.155. The smallest absolute Gasteiger partial charge is 0.261 e. The number of aromatic nitrogens is 2. The van der Waals surface area contributed by atoms with Crippen LogP contribution in [-0.2, 0) is 12.8 Å². The molecule has 4 rings (SSSR count). The zero-order valence-corrected chi connectivity index (χ0v) is 21.8. The molecule has 5 nitrogen and oxygen atoms in total. The SMILES string of the molecule is CCCc1nc(C)n(-c2ccc(OC(C)C)c(F)c2)c(=O)c1Cc1ccc(C2=CCCC=C2C#N)cc1. The molecule has 0 N–H and O–H groups in total. The van der Waals surface area contributed by atoms with Crippen molar-refractivity contribution >= 4 is 5.57 Å². The van der Waals surface area contributed by atoms with Crippen LogP contribution in [0.1, 0.15) is 68.2 Å². The summed E-state index contributed by atoms with van der Waals surface area (Å²) >= 11 is 0. The van der Waals surface area contributed by atoms with E-state index in [9.17, 15) is 14.4 Å². The molecule has 37 heavy (non-hydrogen) atoms. The van der Waals surface area contributed by atoms with Crippen molar-refractivity contribution in [2.75, 3.05) is 0 Å². The number of hydrogen-bond donors (Lipinski definition) is 0. The van der Waals surface area contributed by atoms with Crippen molar-refractivity contribution in [2.45, 2.75) is 65.9 Å². The lowest BCUT2D eigenvalue weighted by Crippen LogP contribution is -2.28. The number of nitrogens with zero attached hydrogens (tertiary/aromatic N) is 3. The molecule has 190 valence electrons. The monoisotopic (exact) mass is 497 g/mol. The van der Waals surface area contributed by atoms with Gasteiger partial charge in [0.1, 0.15) is 5.82 Å². The molecule has 0 radical (unpaired) electrons. The van der Waals surface area contributed by atoms with Gasteiger partial charge < -0.3 is 4.74 Å². The first-order valence-electron chi connectivity index (χ1n) is 12.8. The average Bonchev–Trinajstić information content (AvgIpc) is 2.88. The average molecular weight is 498 g/mol. The summed E-state index contributed by atoms with van der Waals surface area (Å²) in [6.07, 6.45) is 7.68. The van der Waals surface area contributed by atoms with Gasteiger partial charge in [-0.3, -0.25) is 9.36 Å². The van der Waals surface area contributed by atoms with E-state index in [0.29, 0.717) is 35.5 Å². The van der Waals surface area contributed by atoms with Crippen LogP contribution in [0.25, 0.3) is 11.3 Å². The predicted molar refractivity (Wildman–Crippen MR) is 144 cm³/mol. The molecule has 1 aliphatic carbocycles. The molecule has 0 amide bonds. The molecule has 0 unspecified atom stereocenters. The van der Waals surface area contributed by atoms with E-state index in [1.54, 1.807) is 19.1 Å². The molecule has 0 aliphatic heterocycles. The minimum absolute atomic E-state index is 0.155. The van der Waals surface area contributed by atoms with Crippen LogP contribution < -0.4 is 10.3 Å². The van der Waals surface area contributed by atoms with E-state index in [1.807, 2.05) is 44.2 Å². The number of benzene rings is 2. The maximum absolute atomic E-state index is 14.8. The maximum atomic E-state index is 14.8. The Labute approximate surface area is 217 Å². The van der Waals surface area contributed by atoms with E-state index in [-0.39, 0.29) is 17.4 Å². The molecule has 6 heteroatoms. The number of ether oxygens (including phenoxy) is 1. The molecule has 3 aromatic rings. The largest absolute Gasteiger partial charge is 0.488 e. The highest BCUT2D eigenvalue weighted by atomic mass is 19.1. The quantitative estimate of drug-likeness (QED) is 0.350. The van der Waals surface area contributed by atoms with Crippen LogP contribution in [0.4, 0.5) is 4.39 Å². The minimum Gasteiger partial charge on any atom is -0.488 e. The fraction of sp³-hybridized carbons (Fsp3) is 0.323. The highest BCUT2D eigenvalue weighted by molar-refractivity contribution is 5.83. The van der Waals surface area contributed by atoms with Gasteiger partial charge in [0.05, 0.1) is 29.1 Å². The van der Waals surface area contributed by atoms with Gasteiger partial charge >= 0.3 is 0 Å². The number of aryl methyl sites for hydroxylation is 2. The Morgan fingerprint density at radius 2 is 1.86 bits per heavy atom. The van der Waals surface area contributed by atoms with Gasteiger partial charge in [-0.2, -0.15) is 5.26 Å². The summed E-state index contributed by atoms with van der Waals surface area (Å²) in [4.78, 5) is 18.5. The minimum atomic E-state index is -0.518. The summed E-state index contributed by atoms with van der Waals surface area (Å²) in [6.45, 7) is 7.50. The Morgan fingerprint density at radius 3 is 2.51 bits per heavy atom. The first-order valence-corrected chi connectivity index (χ1v) is 12.8. The van der Waals surface area contributed by atoms with Gasteiger partial charge in [0.25, 0.3) is 5.56 Å². The molecule has 0 saturated heterocycles. The van der Waals surface area contributed by atoms with E-state index in [1.165, 1.54) is 10.6 Å². The lowest BCUT2D eigenvalue weighted by atomic mass is 9.91. The van der Waals surface area contributed by atoms with Gasteiger partial charge in [-0.05, 0) is 68.9 Å². The topological polar surface area (TPSA) is 67.9 Å². The van der Waals surface area contributed by atoms with Crippen LogP contribution in [0.5, 0.6) is 5.75 Å². The van der Waals surface area contributed by atoms with Crippen LogP contribution in [0.15, 0.2) is 65.0 Å². The van der Waals surface area contributed by atoms with Gasteiger partial charge in [0.15, 0.2) is 11.6 Å². The number of allylic oxidation sites excluding steroid dienone is 4. The van der Waals surface area contributed by atoms with Crippen LogP contribution in [0.2, 0.25) is 0 Å². The summed E-state index contributed by atoms with van der Waals surface area (Å²) in [5, 5.41) is 9.46. The molecule has 0 spiro atoms. The number of halogens is 1. The third kappa shape index (κ3) is 5.72. The Morgan fingerprint density at radius 1 is 1.14 bits per heavy atom. The molecular weight excluding hydrogens is 465 g/mol. The first-order chi connectivity index (χ1) is 17.8. The summed E-state index contributed by atoms with van der Waals surface area (Å²) in [7, 11) is 0. The van der Waals surface area contributed by atoms with Gasteiger partial charge in [-0.25, -0.2) is 9.37 Å². The summed E-state index contributed by atoms with van der Waals surface area (Å²) in [6, 6.07) is 14.8. The lowest BCUT2D eigenvalue weighted by Gasteiger charge is -2.17. The Balaban J connectivity index is 1.71. The van der Waals surface area contributed by atoms with Crippen LogP contribution in [0, 0.1) is 24.1 Å². The van der Waals surface area contributed by atoms with Crippen LogP contribution >= 0.6 is 0 Å². The van der Waals surface area contributed by atoms with Gasteiger partial charge in [0.2, 0.25) is 0 Å². The number of nitriles is 1. The summed E-state index contributed by atoms with van der Waals surface area (Å²) < 4.78 is 21.8. The Kier molecular flexibility index (Phi) is 8.03. The summed E-state index contributed by atoms with van der Waals surface area (Å²) in [5.41, 5.74) is 5.23. The van der Waals surface area contributed by atoms with E-state index >= 15 is 0 Å². The fourth-order valence-electron chi connectivity index (χ4n) is 4.68. The van der Waals surface area contributed by atoms with Gasteiger partial charge in [-0.1, -0.05) is 49.8 Å². The van der Waals surface area contributed by atoms with Gasteiger partial charge in [-0.15, -0.1) is 0 Å². The molecular formula is C31H32FN3O2. The van der Waals surface area contributed by atoms with E-state index in [4.69, 9.17) is 9.72 Å². The van der Waals surface area contributed by atoms with Crippen molar-refractivity contribution in [3.63, 3.8) is 0 Å². The van der Waals surface area contributed by atoms with E-state index in [0.717, 1.165) is 41.7 Å². The van der Waals surface area contributed by atoms with Crippen molar-refractivity contribution in [3.05, 3.63) is 105 Å². The first kappa shape index (κ1) is 26.1. The van der Waals surface area contributed by atoms with Crippen molar-refractivity contribution in [1.82, 2.24) is 9.55 Å². The molecule has 0 bridgehead atoms. The molecule has 0 fully saturated rings. The fourth-order valence-corrected chi connectivity index (χ4v) is 4.68. The maximum Gasteiger partial charge on any atom is 0.261 e. The lowest BCUT2D eigenvalue weighted by molar-refractivity contribution is 0.231. The molecule has 0 saturated carbocycles. The third-order valence-corrected chi connectivity index (χ3v) is 6.37. The van der Waals surface area contributed by atoms with Crippen molar-refractivity contribution in [2.24, 2.45) is 0 Å². The number of hydrogen-bond acceptors (Lipinski definition) is 4. The van der Waals surface area contributed by atoms with Crippen molar-refractivity contribution < 1.29 is 9.13 Å². The standard InChI is InChI=1S/C31H32FN3O2/c1-5-8-29-27(17-22-11-13-23(14-12-22)26-10-7-6-9-24(26)19-33)31(36)35(21(4)34-29)25-15-16-30(28(32)18-25)37-20(2)3/h9-16,18,20H,5-8,17H2,1-4H3. The normalized spacial score (nSPS) is 13.2. The Hall–Kier alpha value is -3.98. The molecule has 2 aromatic carbocycles. The zero-order chi connectivity index (χ0) is 26.5. The predicted octanol–water partition coefficient (Wildman–Crippen LogP) is 6.64. The van der Waals surface area contributed by atoms with Crippen molar-refractivity contribution in [3.8, 4) is 17.5 Å². The van der Waals surface area contributed by atoms with Gasteiger partial charge in [0, 0.05) is 18.1 Å². The second kappa shape index (κ2) is 11.4.